The third-order valence-corrected chi connectivity index (χ3v) is 15.8. The number of hydrogen-bond acceptors (Lipinski definition) is 4. The van der Waals surface area contributed by atoms with Gasteiger partial charge >= 0.3 is 0 Å². The molecule has 6 aromatic carbocycles. The van der Waals surface area contributed by atoms with Crippen molar-refractivity contribution in [1.29, 1.82) is 0 Å². The summed E-state index contributed by atoms with van der Waals surface area (Å²) in [5, 5.41) is 25.1. The Morgan fingerprint density at radius 3 is 1.09 bits per heavy atom. The van der Waals surface area contributed by atoms with Crippen molar-refractivity contribution in [2.75, 3.05) is 0 Å². The summed E-state index contributed by atoms with van der Waals surface area (Å²) in [6.07, 6.45) is 20.6. The third-order valence-electron chi connectivity index (χ3n) is 15.8. The Balaban J connectivity index is 0.958. The zero-order valence-electron chi connectivity index (χ0n) is 41.2. The number of rotatable bonds is 12. The highest BCUT2D eigenvalue weighted by atomic mass is 16.5. The van der Waals surface area contributed by atoms with Crippen LogP contribution >= 0.6 is 0 Å². The average Bonchev–Trinajstić information content (AvgIpc) is 3.34. The van der Waals surface area contributed by atoms with E-state index in [0.29, 0.717) is 17.9 Å². The minimum absolute atomic E-state index is 0.186. The molecule has 0 saturated carbocycles. The molecule has 10 rings (SSSR count). The predicted octanol–water partition coefficient (Wildman–Crippen LogP) is 15.6. The number of ether oxygens (including phenoxy) is 2. The summed E-state index contributed by atoms with van der Waals surface area (Å²) in [7, 11) is 0. The molecule has 2 N–H and O–H groups in total. The van der Waals surface area contributed by atoms with Gasteiger partial charge in [0.1, 0.15) is 23.0 Å². The molecule has 67 heavy (non-hydrogen) atoms. The van der Waals surface area contributed by atoms with Gasteiger partial charge in [-0.1, -0.05) is 38.1 Å². The molecule has 0 amide bonds. The van der Waals surface area contributed by atoms with Crippen molar-refractivity contribution >= 4 is 0 Å². The van der Waals surface area contributed by atoms with E-state index in [1.54, 1.807) is 0 Å². The lowest BCUT2D eigenvalue weighted by Crippen LogP contribution is -2.23. The molecule has 0 fully saturated rings. The molecule has 0 bridgehead atoms. The van der Waals surface area contributed by atoms with E-state index in [1.165, 1.54) is 118 Å². The van der Waals surface area contributed by atoms with E-state index in [9.17, 15) is 10.2 Å². The molecule has 0 spiro atoms. The Kier molecular flexibility index (Phi) is 13.0. The fourth-order valence-electron chi connectivity index (χ4n) is 12.5. The van der Waals surface area contributed by atoms with Crippen LogP contribution in [0.15, 0.2) is 72.8 Å². The highest BCUT2D eigenvalue weighted by Crippen LogP contribution is 2.50. The molecular weight excluding hydrogens is 821 g/mol. The SMILES string of the molecule is CCc1ccc(O[C@@H](C)C[C@H](C)Oc2ccc(CC)cc2-c2cc(C)cc(-c3c4c(cc5c3CCCC5)CCCC4)c2O)c(-c2cc(C)cc(-c3c4c(cc5c3CCCC5)CCCC4)c2O)c1. The van der Waals surface area contributed by atoms with Crippen molar-refractivity contribution in [3.05, 3.63) is 140 Å². The van der Waals surface area contributed by atoms with E-state index in [0.717, 1.165) is 120 Å². The van der Waals surface area contributed by atoms with Gasteiger partial charge < -0.3 is 19.7 Å². The van der Waals surface area contributed by atoms with Crippen molar-refractivity contribution in [3.8, 4) is 67.5 Å². The summed E-state index contributed by atoms with van der Waals surface area (Å²) in [6.45, 7) is 13.0. The Labute approximate surface area is 400 Å². The van der Waals surface area contributed by atoms with Gasteiger partial charge in [-0.15, -0.1) is 0 Å². The fraction of sp³-hybridized carbons (Fsp3) is 0.429. The van der Waals surface area contributed by atoms with Gasteiger partial charge in [0.25, 0.3) is 0 Å². The summed E-state index contributed by atoms with van der Waals surface area (Å²) < 4.78 is 13.9. The van der Waals surface area contributed by atoms with Gasteiger partial charge in [0, 0.05) is 39.8 Å². The largest absolute Gasteiger partial charge is 0.507 e. The van der Waals surface area contributed by atoms with E-state index in [1.807, 2.05) is 0 Å². The normalized spacial score (nSPS) is 16.3. The first-order chi connectivity index (χ1) is 32.6. The monoisotopic (exact) mass is 893 g/mol. The molecule has 4 heteroatoms. The van der Waals surface area contributed by atoms with Crippen LogP contribution in [0.1, 0.15) is 152 Å². The number of phenolic OH excluding ortho intramolecular Hbond substituents is 2. The standard InChI is InChI=1S/C63H72O4/c1-7-42-25-27-58(52(34-42)54-29-38(3)31-56(62(54)64)60-48-21-13-9-17-44(48)36-45-18-10-14-22-49(45)60)66-40(5)33-41(6)67-59-28-26-43(8-2)35-53(59)55-30-39(4)32-57(63(55)65)61-50-23-15-11-19-46(50)37-47-20-12-16-24-51(47)61/h25-32,34-37,40-41,64-65H,7-24,33H2,1-6H3/t40-,41-/m0/s1. The molecule has 4 aliphatic carbocycles. The van der Waals surface area contributed by atoms with Crippen molar-refractivity contribution in [2.24, 2.45) is 0 Å². The number of phenols is 2. The lowest BCUT2D eigenvalue weighted by Gasteiger charge is -2.29. The summed E-state index contributed by atoms with van der Waals surface area (Å²) in [4.78, 5) is 0. The molecule has 0 aliphatic heterocycles. The molecule has 348 valence electrons. The van der Waals surface area contributed by atoms with Crippen LogP contribution in [-0.4, -0.2) is 22.4 Å². The molecule has 0 unspecified atom stereocenters. The number of aromatic hydroxyl groups is 2. The smallest absolute Gasteiger partial charge is 0.131 e. The molecule has 6 aromatic rings. The minimum Gasteiger partial charge on any atom is -0.507 e. The molecular formula is C63H72O4. The van der Waals surface area contributed by atoms with Gasteiger partial charge in [0.2, 0.25) is 0 Å². The van der Waals surface area contributed by atoms with Crippen LogP contribution in [0.5, 0.6) is 23.0 Å². The lowest BCUT2D eigenvalue weighted by atomic mass is 9.76. The lowest BCUT2D eigenvalue weighted by molar-refractivity contribution is 0.131. The van der Waals surface area contributed by atoms with Gasteiger partial charge in [0.15, 0.2) is 0 Å². The first-order valence-electron chi connectivity index (χ1n) is 26.2. The maximum atomic E-state index is 12.5. The van der Waals surface area contributed by atoms with Crippen molar-refractivity contribution < 1.29 is 19.7 Å². The maximum absolute atomic E-state index is 12.5. The van der Waals surface area contributed by atoms with Gasteiger partial charge in [-0.25, -0.2) is 0 Å². The van der Waals surface area contributed by atoms with Crippen LogP contribution in [0.2, 0.25) is 0 Å². The second-order valence-corrected chi connectivity index (χ2v) is 20.8. The van der Waals surface area contributed by atoms with E-state index >= 15 is 0 Å². The van der Waals surface area contributed by atoms with Gasteiger partial charge in [-0.2, -0.15) is 0 Å². The van der Waals surface area contributed by atoms with Gasteiger partial charge in [0.05, 0.1) is 12.2 Å². The summed E-state index contributed by atoms with van der Waals surface area (Å²) in [6, 6.07) is 26.7. The zero-order chi connectivity index (χ0) is 46.3. The highest BCUT2D eigenvalue weighted by molar-refractivity contribution is 5.90. The Hall–Kier alpha value is -5.48. The Morgan fingerprint density at radius 1 is 0.418 bits per heavy atom. The topological polar surface area (TPSA) is 58.9 Å². The second-order valence-electron chi connectivity index (χ2n) is 20.8. The molecule has 4 aliphatic rings. The van der Waals surface area contributed by atoms with Crippen molar-refractivity contribution in [2.45, 2.75) is 176 Å². The number of hydrogen-bond donors (Lipinski definition) is 2. The highest BCUT2D eigenvalue weighted by Gasteiger charge is 2.29. The quantitative estimate of drug-likeness (QED) is 0.128. The zero-order valence-corrected chi connectivity index (χ0v) is 41.2. The second kappa shape index (κ2) is 19.3. The number of benzene rings is 6. The van der Waals surface area contributed by atoms with E-state index < -0.39 is 0 Å². The minimum atomic E-state index is -0.186. The predicted molar refractivity (Wildman–Crippen MR) is 278 cm³/mol. The molecule has 2 atom stereocenters. The molecule has 0 saturated heterocycles. The van der Waals surface area contributed by atoms with Crippen LogP contribution in [0.25, 0.3) is 44.5 Å². The fourth-order valence-corrected chi connectivity index (χ4v) is 12.5. The van der Waals surface area contributed by atoms with E-state index in [4.69, 9.17) is 9.47 Å². The van der Waals surface area contributed by atoms with Crippen LogP contribution in [0.4, 0.5) is 0 Å². The van der Waals surface area contributed by atoms with E-state index in [2.05, 4.69) is 114 Å². The van der Waals surface area contributed by atoms with Crippen LogP contribution in [0.3, 0.4) is 0 Å². The Bertz CT molecular complexity index is 2580. The molecule has 4 nitrogen and oxygen atoms in total. The van der Waals surface area contributed by atoms with Crippen LogP contribution in [-0.2, 0) is 64.2 Å². The maximum Gasteiger partial charge on any atom is 0.131 e. The first kappa shape index (κ1) is 45.3. The molecule has 0 heterocycles. The van der Waals surface area contributed by atoms with Crippen LogP contribution < -0.4 is 9.47 Å². The van der Waals surface area contributed by atoms with E-state index in [-0.39, 0.29) is 12.2 Å². The summed E-state index contributed by atoms with van der Waals surface area (Å²) >= 11 is 0. The van der Waals surface area contributed by atoms with Crippen LogP contribution in [0, 0.1) is 13.8 Å². The first-order valence-corrected chi connectivity index (χ1v) is 26.2. The van der Waals surface area contributed by atoms with Gasteiger partial charge in [-0.05, 0) is 270 Å². The van der Waals surface area contributed by atoms with Crippen molar-refractivity contribution in [3.63, 3.8) is 0 Å². The average molecular weight is 893 g/mol. The van der Waals surface area contributed by atoms with Crippen molar-refractivity contribution in [1.82, 2.24) is 0 Å². The Morgan fingerprint density at radius 2 is 0.746 bits per heavy atom. The summed E-state index contributed by atoms with van der Waals surface area (Å²) in [5.41, 5.74) is 24.6. The number of aryl methyl sites for hydroxylation is 8. The molecule has 0 radical (unpaired) electrons. The summed E-state index contributed by atoms with van der Waals surface area (Å²) in [5.74, 6) is 2.27. The number of fused-ring (bicyclic) bond motifs is 4. The molecule has 0 aromatic heterocycles. The van der Waals surface area contributed by atoms with Gasteiger partial charge in [-0.3, -0.25) is 0 Å². The third kappa shape index (κ3) is 8.91.